The number of rotatable bonds is 1. The van der Waals surface area contributed by atoms with Gasteiger partial charge in [0.1, 0.15) is 5.60 Å². The van der Waals surface area contributed by atoms with Gasteiger partial charge < -0.3 is 9.72 Å². The third kappa shape index (κ3) is 0.946. The molecule has 1 saturated heterocycles. The molecule has 2 nitrogen and oxygen atoms in total. The van der Waals surface area contributed by atoms with Crippen LogP contribution in [-0.2, 0) is 10.3 Å². The van der Waals surface area contributed by atoms with Gasteiger partial charge in [0.15, 0.2) is 0 Å². The highest BCUT2D eigenvalue weighted by Crippen LogP contribution is 2.43. The van der Waals surface area contributed by atoms with Crippen LogP contribution in [-0.4, -0.2) is 11.6 Å². The Morgan fingerprint density at radius 2 is 2.07 bits per heavy atom. The van der Waals surface area contributed by atoms with E-state index in [0.717, 1.165) is 6.61 Å². The number of nitrogens with one attached hydrogen (secondary N) is 1. The quantitative estimate of drug-likeness (QED) is 0.683. The standard InChI is InChI=1S/C12H13NO/c1-8-11(12(2)7-14-12)9-5-3-4-6-10(9)13-8/h3-6,13H,7H2,1-2H3. The maximum absolute atomic E-state index is 5.51. The first-order valence-electron chi connectivity index (χ1n) is 4.92. The Balaban J connectivity index is 2.36. The zero-order chi connectivity index (χ0) is 9.76. The summed E-state index contributed by atoms with van der Waals surface area (Å²) in [5.41, 5.74) is 3.72. The molecule has 0 spiro atoms. The number of aromatic amines is 1. The van der Waals surface area contributed by atoms with Crippen LogP contribution in [0.4, 0.5) is 0 Å². The Hall–Kier alpha value is -1.28. The summed E-state index contributed by atoms with van der Waals surface area (Å²) in [7, 11) is 0. The fourth-order valence-corrected chi connectivity index (χ4v) is 2.21. The second-order valence-corrected chi connectivity index (χ2v) is 4.19. The lowest BCUT2D eigenvalue weighted by Crippen LogP contribution is -2.02. The van der Waals surface area contributed by atoms with Crippen LogP contribution in [0, 0.1) is 6.92 Å². The van der Waals surface area contributed by atoms with Gasteiger partial charge in [-0.1, -0.05) is 18.2 Å². The molecule has 0 amide bonds. The highest BCUT2D eigenvalue weighted by Gasteiger charge is 2.44. The van der Waals surface area contributed by atoms with E-state index < -0.39 is 0 Å². The van der Waals surface area contributed by atoms with E-state index in [1.807, 2.05) is 0 Å². The third-order valence-corrected chi connectivity index (χ3v) is 3.00. The van der Waals surface area contributed by atoms with E-state index in [1.165, 1.54) is 22.2 Å². The van der Waals surface area contributed by atoms with E-state index >= 15 is 0 Å². The average Bonchev–Trinajstić information content (AvgIpc) is 2.79. The van der Waals surface area contributed by atoms with Crippen LogP contribution in [0.3, 0.4) is 0 Å². The van der Waals surface area contributed by atoms with Crippen molar-refractivity contribution in [2.24, 2.45) is 0 Å². The first kappa shape index (κ1) is 8.06. The third-order valence-electron chi connectivity index (χ3n) is 3.00. The minimum Gasteiger partial charge on any atom is -0.365 e. The first-order chi connectivity index (χ1) is 6.71. The second kappa shape index (κ2) is 2.39. The van der Waals surface area contributed by atoms with Gasteiger partial charge >= 0.3 is 0 Å². The van der Waals surface area contributed by atoms with E-state index in [1.54, 1.807) is 0 Å². The summed E-state index contributed by atoms with van der Waals surface area (Å²) in [4.78, 5) is 3.39. The molecule has 1 N–H and O–H groups in total. The van der Waals surface area contributed by atoms with Crippen LogP contribution < -0.4 is 0 Å². The molecule has 1 unspecified atom stereocenters. The minimum atomic E-state index is -0.0380. The number of para-hydroxylation sites is 1. The van der Waals surface area contributed by atoms with Crippen molar-refractivity contribution in [2.75, 3.05) is 6.61 Å². The summed E-state index contributed by atoms with van der Waals surface area (Å²) < 4.78 is 5.51. The Bertz CT molecular complexity index is 494. The van der Waals surface area contributed by atoms with Gasteiger partial charge in [-0.25, -0.2) is 0 Å². The van der Waals surface area contributed by atoms with Gasteiger partial charge in [0.05, 0.1) is 6.61 Å². The van der Waals surface area contributed by atoms with Gasteiger partial charge in [-0.3, -0.25) is 0 Å². The predicted octanol–water partition coefficient (Wildman–Crippen LogP) is 2.72. The summed E-state index contributed by atoms with van der Waals surface area (Å²) in [6.07, 6.45) is 0. The highest BCUT2D eigenvalue weighted by atomic mass is 16.6. The molecule has 0 bridgehead atoms. The molecule has 0 radical (unpaired) electrons. The lowest BCUT2D eigenvalue weighted by Gasteiger charge is -2.04. The lowest BCUT2D eigenvalue weighted by molar-refractivity contribution is 0.330. The summed E-state index contributed by atoms with van der Waals surface area (Å²) in [5.74, 6) is 0. The van der Waals surface area contributed by atoms with E-state index in [4.69, 9.17) is 4.74 Å². The molecule has 3 rings (SSSR count). The number of epoxide rings is 1. The summed E-state index contributed by atoms with van der Waals surface area (Å²) >= 11 is 0. The first-order valence-corrected chi connectivity index (χ1v) is 4.92. The zero-order valence-corrected chi connectivity index (χ0v) is 8.42. The van der Waals surface area contributed by atoms with E-state index in [2.05, 4.69) is 43.1 Å². The van der Waals surface area contributed by atoms with Crippen LogP contribution in [0.15, 0.2) is 24.3 Å². The molecule has 1 atom stereocenters. The van der Waals surface area contributed by atoms with Gasteiger partial charge in [-0.05, 0) is 19.9 Å². The van der Waals surface area contributed by atoms with Crippen molar-refractivity contribution in [1.29, 1.82) is 0 Å². The van der Waals surface area contributed by atoms with Crippen LogP contribution >= 0.6 is 0 Å². The minimum absolute atomic E-state index is 0.0380. The van der Waals surface area contributed by atoms with E-state index in [0.29, 0.717) is 0 Å². The number of aromatic nitrogens is 1. The largest absolute Gasteiger partial charge is 0.365 e. The molecule has 0 saturated carbocycles. The summed E-state index contributed by atoms with van der Waals surface area (Å²) in [6.45, 7) is 5.10. The molecule has 1 aromatic carbocycles. The number of aryl methyl sites for hydroxylation is 1. The highest BCUT2D eigenvalue weighted by molar-refractivity contribution is 5.85. The SMILES string of the molecule is Cc1[nH]c2ccccc2c1C1(C)CO1. The Labute approximate surface area is 82.9 Å². The molecular weight excluding hydrogens is 174 g/mol. The van der Waals surface area contributed by atoms with Crippen molar-refractivity contribution in [2.45, 2.75) is 19.4 Å². The Morgan fingerprint density at radius 1 is 1.36 bits per heavy atom. The van der Waals surface area contributed by atoms with Crippen LogP contribution in [0.2, 0.25) is 0 Å². The maximum atomic E-state index is 5.51. The molecular formula is C12H13NO. The lowest BCUT2D eigenvalue weighted by atomic mass is 9.99. The van der Waals surface area contributed by atoms with Crippen molar-refractivity contribution in [3.8, 4) is 0 Å². The molecule has 1 aliphatic rings. The topological polar surface area (TPSA) is 28.3 Å². The van der Waals surface area contributed by atoms with E-state index in [-0.39, 0.29) is 5.60 Å². The molecule has 2 heteroatoms. The van der Waals surface area contributed by atoms with Gasteiger partial charge in [0.2, 0.25) is 0 Å². The number of hydrogen-bond acceptors (Lipinski definition) is 1. The van der Waals surface area contributed by atoms with Crippen molar-refractivity contribution >= 4 is 10.9 Å². The Morgan fingerprint density at radius 3 is 2.79 bits per heavy atom. The smallest absolute Gasteiger partial charge is 0.116 e. The average molecular weight is 187 g/mol. The zero-order valence-electron chi connectivity index (χ0n) is 8.42. The van der Waals surface area contributed by atoms with Gasteiger partial charge in [-0.2, -0.15) is 0 Å². The van der Waals surface area contributed by atoms with Crippen molar-refractivity contribution in [3.63, 3.8) is 0 Å². The van der Waals surface area contributed by atoms with Crippen LogP contribution in [0.1, 0.15) is 18.2 Å². The van der Waals surface area contributed by atoms with Crippen LogP contribution in [0.5, 0.6) is 0 Å². The monoisotopic (exact) mass is 187 g/mol. The van der Waals surface area contributed by atoms with Gasteiger partial charge in [0.25, 0.3) is 0 Å². The van der Waals surface area contributed by atoms with Gasteiger partial charge in [-0.15, -0.1) is 0 Å². The number of H-pyrrole nitrogens is 1. The number of hydrogen-bond donors (Lipinski definition) is 1. The van der Waals surface area contributed by atoms with Gasteiger partial charge in [0, 0.05) is 22.2 Å². The van der Waals surface area contributed by atoms with Crippen molar-refractivity contribution < 1.29 is 4.74 Å². The normalized spacial score (nSPS) is 25.6. The molecule has 0 aliphatic carbocycles. The molecule has 2 aromatic rings. The second-order valence-electron chi connectivity index (χ2n) is 4.19. The summed E-state index contributed by atoms with van der Waals surface area (Å²) in [6, 6.07) is 8.39. The number of benzene rings is 1. The molecule has 1 aliphatic heterocycles. The van der Waals surface area contributed by atoms with Crippen molar-refractivity contribution in [3.05, 3.63) is 35.5 Å². The number of ether oxygens (including phenoxy) is 1. The molecule has 1 aromatic heterocycles. The maximum Gasteiger partial charge on any atom is 0.116 e. The van der Waals surface area contributed by atoms with E-state index in [9.17, 15) is 0 Å². The molecule has 2 heterocycles. The fourth-order valence-electron chi connectivity index (χ4n) is 2.21. The fraction of sp³-hybridized carbons (Fsp3) is 0.333. The number of fused-ring (bicyclic) bond motifs is 1. The summed E-state index contributed by atoms with van der Waals surface area (Å²) in [5, 5.41) is 1.30. The molecule has 14 heavy (non-hydrogen) atoms. The van der Waals surface area contributed by atoms with Crippen molar-refractivity contribution in [1.82, 2.24) is 4.98 Å². The molecule has 1 fully saturated rings. The molecule has 72 valence electrons. The predicted molar refractivity (Wildman–Crippen MR) is 56.3 cm³/mol. The Kier molecular flexibility index (Phi) is 1.38. The van der Waals surface area contributed by atoms with Crippen LogP contribution in [0.25, 0.3) is 10.9 Å².